The lowest BCUT2D eigenvalue weighted by Gasteiger charge is -2.18. The van der Waals surface area contributed by atoms with Gasteiger partial charge >= 0.3 is 0 Å². The lowest BCUT2D eigenvalue weighted by Crippen LogP contribution is -2.23. The Morgan fingerprint density at radius 3 is 2.65 bits per heavy atom. The molecule has 0 aliphatic carbocycles. The van der Waals surface area contributed by atoms with Gasteiger partial charge in [-0.3, -0.25) is 0 Å². The van der Waals surface area contributed by atoms with Crippen molar-refractivity contribution in [3.8, 4) is 5.88 Å². The molecule has 1 unspecified atom stereocenters. The molecule has 2 aromatic rings. The number of hydrogen-bond acceptors (Lipinski definition) is 4. The molecule has 0 saturated heterocycles. The molecule has 0 bridgehead atoms. The highest BCUT2D eigenvalue weighted by molar-refractivity contribution is 9.10. The predicted octanol–water partition coefficient (Wildman–Crippen LogP) is 3.14. The predicted molar refractivity (Wildman–Crippen MR) is 82.8 cm³/mol. The van der Waals surface area contributed by atoms with Crippen molar-refractivity contribution >= 4 is 15.9 Å². The van der Waals surface area contributed by atoms with Gasteiger partial charge in [0, 0.05) is 28.7 Å². The van der Waals surface area contributed by atoms with Crippen LogP contribution in [-0.2, 0) is 6.42 Å². The van der Waals surface area contributed by atoms with E-state index in [2.05, 4.69) is 62.4 Å². The van der Waals surface area contributed by atoms with Crippen molar-refractivity contribution in [2.45, 2.75) is 19.4 Å². The highest BCUT2D eigenvalue weighted by atomic mass is 79.9. The molecular weight excluding hydrogens is 318 g/mol. The maximum Gasteiger partial charge on any atom is 0.216 e. The van der Waals surface area contributed by atoms with Crippen molar-refractivity contribution in [2.24, 2.45) is 0 Å². The summed E-state index contributed by atoms with van der Waals surface area (Å²) in [6, 6.07) is 10.5. The fourth-order valence-corrected chi connectivity index (χ4v) is 2.32. The van der Waals surface area contributed by atoms with E-state index in [1.54, 1.807) is 13.4 Å². The van der Waals surface area contributed by atoms with Crippen LogP contribution in [0.5, 0.6) is 5.88 Å². The number of benzene rings is 1. The van der Waals surface area contributed by atoms with E-state index in [-0.39, 0.29) is 6.04 Å². The van der Waals surface area contributed by atoms with Gasteiger partial charge in [-0.2, -0.15) is 0 Å². The van der Waals surface area contributed by atoms with Gasteiger partial charge in [0.2, 0.25) is 5.88 Å². The zero-order valence-corrected chi connectivity index (χ0v) is 13.2. The van der Waals surface area contributed by atoms with E-state index in [0.717, 1.165) is 23.1 Å². The molecular formula is C15H18BrN3O. The van der Waals surface area contributed by atoms with Crippen molar-refractivity contribution < 1.29 is 4.74 Å². The van der Waals surface area contributed by atoms with Crippen LogP contribution in [-0.4, -0.2) is 23.6 Å². The van der Waals surface area contributed by atoms with Gasteiger partial charge in [0.05, 0.1) is 7.11 Å². The van der Waals surface area contributed by atoms with E-state index < -0.39 is 0 Å². The van der Waals surface area contributed by atoms with Crippen LogP contribution in [0.2, 0.25) is 0 Å². The summed E-state index contributed by atoms with van der Waals surface area (Å²) in [5, 5.41) is 3.49. The van der Waals surface area contributed by atoms with E-state index in [1.807, 2.05) is 6.07 Å². The molecule has 0 saturated carbocycles. The number of rotatable bonds is 6. The third kappa shape index (κ3) is 4.02. The second kappa shape index (κ2) is 7.36. The summed E-state index contributed by atoms with van der Waals surface area (Å²) in [6.45, 7) is 3.01. The summed E-state index contributed by atoms with van der Waals surface area (Å²) in [5.41, 5.74) is 2.21. The lowest BCUT2D eigenvalue weighted by atomic mass is 10.0. The number of likely N-dealkylation sites (N-methyl/N-ethyl adjacent to an activating group) is 1. The Morgan fingerprint density at radius 2 is 2.00 bits per heavy atom. The minimum Gasteiger partial charge on any atom is -0.481 e. The first-order valence-electron chi connectivity index (χ1n) is 6.56. The Hall–Kier alpha value is -1.46. The number of methoxy groups -OCH3 is 1. The minimum absolute atomic E-state index is 0.229. The van der Waals surface area contributed by atoms with Crippen molar-refractivity contribution in [3.05, 3.63) is 52.4 Å². The Kier molecular flexibility index (Phi) is 5.49. The SMILES string of the molecule is CCNC(Cc1cc(OC)ncn1)c1ccc(Br)cc1. The van der Waals surface area contributed by atoms with Gasteiger partial charge < -0.3 is 10.1 Å². The van der Waals surface area contributed by atoms with Crippen LogP contribution in [0.1, 0.15) is 24.2 Å². The highest BCUT2D eigenvalue weighted by Crippen LogP contribution is 2.21. The first kappa shape index (κ1) is 14.9. The van der Waals surface area contributed by atoms with Crippen LogP contribution < -0.4 is 10.1 Å². The number of hydrogen-bond donors (Lipinski definition) is 1. The molecule has 106 valence electrons. The van der Waals surface area contributed by atoms with Crippen LogP contribution in [0.3, 0.4) is 0 Å². The average molecular weight is 336 g/mol. The lowest BCUT2D eigenvalue weighted by molar-refractivity contribution is 0.395. The molecule has 1 atom stereocenters. The Bertz CT molecular complexity index is 545. The van der Waals surface area contributed by atoms with Crippen molar-refractivity contribution in [1.29, 1.82) is 0 Å². The van der Waals surface area contributed by atoms with Crippen LogP contribution in [0.15, 0.2) is 41.1 Å². The number of nitrogens with one attached hydrogen (secondary N) is 1. The van der Waals surface area contributed by atoms with E-state index in [1.165, 1.54) is 5.56 Å². The Morgan fingerprint density at radius 1 is 1.25 bits per heavy atom. The van der Waals surface area contributed by atoms with Crippen molar-refractivity contribution in [3.63, 3.8) is 0 Å². The van der Waals surface area contributed by atoms with E-state index in [0.29, 0.717) is 5.88 Å². The summed E-state index contributed by atoms with van der Waals surface area (Å²) in [7, 11) is 1.61. The first-order valence-corrected chi connectivity index (χ1v) is 7.36. The number of ether oxygens (including phenoxy) is 1. The van der Waals surface area contributed by atoms with E-state index >= 15 is 0 Å². The summed E-state index contributed by atoms with van der Waals surface area (Å²) in [6.07, 6.45) is 2.34. The summed E-state index contributed by atoms with van der Waals surface area (Å²) < 4.78 is 6.22. The molecule has 2 rings (SSSR count). The van der Waals surface area contributed by atoms with E-state index in [4.69, 9.17) is 4.74 Å². The maximum atomic E-state index is 5.14. The number of nitrogens with zero attached hydrogens (tertiary/aromatic N) is 2. The molecule has 0 spiro atoms. The third-order valence-electron chi connectivity index (χ3n) is 3.04. The molecule has 0 radical (unpaired) electrons. The molecule has 1 N–H and O–H groups in total. The zero-order chi connectivity index (χ0) is 14.4. The number of aromatic nitrogens is 2. The Balaban J connectivity index is 2.18. The zero-order valence-electron chi connectivity index (χ0n) is 11.6. The van der Waals surface area contributed by atoms with Crippen LogP contribution in [0.4, 0.5) is 0 Å². The molecule has 5 heteroatoms. The topological polar surface area (TPSA) is 47.0 Å². The second-order valence-electron chi connectivity index (χ2n) is 4.42. The summed E-state index contributed by atoms with van der Waals surface area (Å²) in [5.74, 6) is 0.598. The molecule has 1 aromatic carbocycles. The fraction of sp³-hybridized carbons (Fsp3) is 0.333. The van der Waals surface area contributed by atoms with Gasteiger partial charge in [0.25, 0.3) is 0 Å². The van der Waals surface area contributed by atoms with Crippen LogP contribution >= 0.6 is 15.9 Å². The van der Waals surface area contributed by atoms with Gasteiger partial charge in [-0.05, 0) is 24.2 Å². The van der Waals surface area contributed by atoms with Crippen LogP contribution in [0, 0.1) is 0 Å². The molecule has 0 fully saturated rings. The Labute approximate surface area is 127 Å². The number of halogens is 1. The molecule has 1 aromatic heterocycles. The second-order valence-corrected chi connectivity index (χ2v) is 5.33. The largest absolute Gasteiger partial charge is 0.481 e. The molecule has 1 heterocycles. The summed E-state index contributed by atoms with van der Waals surface area (Å²) >= 11 is 3.46. The van der Waals surface area contributed by atoms with Crippen molar-refractivity contribution in [1.82, 2.24) is 15.3 Å². The highest BCUT2D eigenvalue weighted by Gasteiger charge is 2.12. The molecule has 4 nitrogen and oxygen atoms in total. The quantitative estimate of drug-likeness (QED) is 0.880. The average Bonchev–Trinajstić information content (AvgIpc) is 2.48. The van der Waals surface area contributed by atoms with E-state index in [9.17, 15) is 0 Å². The third-order valence-corrected chi connectivity index (χ3v) is 3.57. The smallest absolute Gasteiger partial charge is 0.216 e. The minimum atomic E-state index is 0.229. The van der Waals surface area contributed by atoms with Gasteiger partial charge in [-0.15, -0.1) is 0 Å². The molecule has 20 heavy (non-hydrogen) atoms. The van der Waals surface area contributed by atoms with Gasteiger partial charge in [0.1, 0.15) is 6.33 Å². The molecule has 0 aliphatic heterocycles. The van der Waals surface area contributed by atoms with Gasteiger partial charge in [-0.1, -0.05) is 35.0 Å². The standard InChI is InChI=1S/C15H18BrN3O/c1-3-17-14(11-4-6-12(16)7-5-11)8-13-9-15(20-2)19-10-18-13/h4-7,9-10,14,17H,3,8H2,1-2H3. The summed E-state index contributed by atoms with van der Waals surface area (Å²) in [4.78, 5) is 8.35. The fourth-order valence-electron chi connectivity index (χ4n) is 2.06. The molecule has 0 aliphatic rings. The maximum absolute atomic E-state index is 5.14. The van der Waals surface area contributed by atoms with Crippen LogP contribution in [0.25, 0.3) is 0 Å². The normalized spacial score (nSPS) is 12.2. The van der Waals surface area contributed by atoms with Crippen molar-refractivity contribution in [2.75, 3.05) is 13.7 Å². The first-order chi connectivity index (χ1) is 9.72. The molecule has 0 amide bonds. The van der Waals surface area contributed by atoms with Gasteiger partial charge in [0.15, 0.2) is 0 Å². The van der Waals surface area contributed by atoms with Gasteiger partial charge in [-0.25, -0.2) is 9.97 Å². The monoisotopic (exact) mass is 335 g/mol.